The average Bonchev–Trinajstić information content (AvgIpc) is 2.78. The maximum Gasteiger partial charge on any atom is 0.323 e. The van der Waals surface area contributed by atoms with Gasteiger partial charge in [0.2, 0.25) is 0 Å². The Kier molecular flexibility index (Phi) is 5.30. The highest BCUT2D eigenvalue weighted by Gasteiger charge is 2.25. The van der Waals surface area contributed by atoms with Crippen molar-refractivity contribution in [3.05, 3.63) is 17.5 Å². The summed E-state index contributed by atoms with van der Waals surface area (Å²) in [6, 6.07) is 1.58. The lowest BCUT2D eigenvalue weighted by atomic mass is 10.1. The third kappa shape index (κ3) is 3.59. The number of aryl methyl sites for hydroxylation is 1. The van der Waals surface area contributed by atoms with Gasteiger partial charge in [0.25, 0.3) is 5.91 Å². The highest BCUT2D eigenvalue weighted by Crippen LogP contribution is 2.17. The fourth-order valence-electron chi connectivity index (χ4n) is 1.91. The van der Waals surface area contributed by atoms with Crippen LogP contribution in [0.4, 0.5) is 0 Å². The van der Waals surface area contributed by atoms with Gasteiger partial charge >= 0.3 is 5.97 Å². The van der Waals surface area contributed by atoms with E-state index in [4.69, 9.17) is 5.11 Å². The molecule has 0 saturated carbocycles. The van der Waals surface area contributed by atoms with Crippen LogP contribution in [0.3, 0.4) is 0 Å². The smallest absolute Gasteiger partial charge is 0.323 e. The van der Waals surface area contributed by atoms with Crippen LogP contribution in [0.5, 0.6) is 0 Å². The first-order valence-electron chi connectivity index (χ1n) is 6.88. The molecule has 1 amide bonds. The van der Waals surface area contributed by atoms with Gasteiger partial charge in [0, 0.05) is 12.6 Å². The minimum absolute atomic E-state index is 0.179. The van der Waals surface area contributed by atoms with E-state index in [0.717, 1.165) is 5.69 Å². The summed E-state index contributed by atoms with van der Waals surface area (Å²) in [5, 5.41) is 13.3. The summed E-state index contributed by atoms with van der Waals surface area (Å²) in [6.45, 7) is 9.80. The van der Waals surface area contributed by atoms with E-state index in [9.17, 15) is 9.59 Å². The van der Waals surface area contributed by atoms with Crippen LogP contribution in [0.15, 0.2) is 6.07 Å². The van der Waals surface area contributed by atoms with Crippen LogP contribution in [0.25, 0.3) is 0 Å². The zero-order valence-electron chi connectivity index (χ0n) is 12.8. The van der Waals surface area contributed by atoms with Gasteiger partial charge in [-0.25, -0.2) is 0 Å². The number of hydrogen-bond donors (Lipinski definition) is 1. The van der Waals surface area contributed by atoms with E-state index in [-0.39, 0.29) is 24.4 Å². The number of carboxylic acids is 1. The van der Waals surface area contributed by atoms with Gasteiger partial charge in [-0.15, -0.1) is 0 Å². The van der Waals surface area contributed by atoms with E-state index in [1.165, 1.54) is 4.90 Å². The molecule has 0 saturated heterocycles. The zero-order chi connectivity index (χ0) is 15.4. The predicted octanol–water partition coefficient (Wildman–Crippen LogP) is 1.96. The highest BCUT2D eigenvalue weighted by atomic mass is 16.4. The third-order valence-corrected chi connectivity index (χ3v) is 3.10. The first-order valence-corrected chi connectivity index (χ1v) is 6.88. The number of carbonyl (C=O) groups excluding carboxylic acids is 1. The van der Waals surface area contributed by atoms with Crippen LogP contribution in [-0.2, 0) is 11.3 Å². The average molecular weight is 281 g/mol. The summed E-state index contributed by atoms with van der Waals surface area (Å²) >= 11 is 0. The Balaban J connectivity index is 3.13. The quantitative estimate of drug-likeness (QED) is 0.865. The largest absolute Gasteiger partial charge is 0.480 e. The van der Waals surface area contributed by atoms with Crippen molar-refractivity contribution in [3.63, 3.8) is 0 Å². The van der Waals surface area contributed by atoms with Crippen molar-refractivity contribution in [2.75, 3.05) is 6.54 Å². The second-order valence-electron chi connectivity index (χ2n) is 5.35. The van der Waals surface area contributed by atoms with Gasteiger partial charge < -0.3 is 10.0 Å². The molecule has 0 aliphatic carbocycles. The lowest BCUT2D eigenvalue weighted by Gasteiger charge is -2.24. The van der Waals surface area contributed by atoms with E-state index in [0.29, 0.717) is 12.2 Å². The molecule has 0 aliphatic rings. The standard InChI is InChI=1S/C14H23N3O3/c1-6-17-12(7-11(15-17)9(2)3)14(20)16(10(4)5)8-13(18)19/h7,9-10H,6,8H2,1-5H3,(H,18,19). The summed E-state index contributed by atoms with van der Waals surface area (Å²) in [4.78, 5) is 24.8. The zero-order valence-corrected chi connectivity index (χ0v) is 12.8. The first kappa shape index (κ1) is 16.2. The Bertz CT molecular complexity index is 492. The molecule has 6 nitrogen and oxygen atoms in total. The molecule has 6 heteroatoms. The van der Waals surface area contributed by atoms with Crippen molar-refractivity contribution in [1.82, 2.24) is 14.7 Å². The number of aliphatic carboxylic acids is 1. The van der Waals surface area contributed by atoms with E-state index in [2.05, 4.69) is 5.10 Å². The molecule has 0 fully saturated rings. The number of hydrogen-bond acceptors (Lipinski definition) is 3. The highest BCUT2D eigenvalue weighted by molar-refractivity contribution is 5.94. The maximum absolute atomic E-state index is 12.5. The Hall–Kier alpha value is -1.85. The molecular weight excluding hydrogens is 258 g/mol. The van der Waals surface area contributed by atoms with Gasteiger partial charge in [-0.05, 0) is 32.8 Å². The van der Waals surface area contributed by atoms with Crippen LogP contribution in [0.1, 0.15) is 56.7 Å². The molecule has 0 radical (unpaired) electrons. The van der Waals surface area contributed by atoms with E-state index < -0.39 is 5.97 Å². The molecule has 0 atom stereocenters. The summed E-state index contributed by atoms with van der Waals surface area (Å²) in [5.41, 5.74) is 1.29. The summed E-state index contributed by atoms with van der Waals surface area (Å²) in [6.07, 6.45) is 0. The first-order chi connectivity index (χ1) is 9.27. The second-order valence-corrected chi connectivity index (χ2v) is 5.35. The lowest BCUT2D eigenvalue weighted by molar-refractivity contribution is -0.138. The molecule has 112 valence electrons. The van der Waals surface area contributed by atoms with E-state index in [1.807, 2.05) is 20.8 Å². The third-order valence-electron chi connectivity index (χ3n) is 3.10. The molecule has 0 spiro atoms. The Morgan fingerprint density at radius 2 is 1.95 bits per heavy atom. The number of nitrogens with zero attached hydrogens (tertiary/aromatic N) is 3. The van der Waals surface area contributed by atoms with Crippen molar-refractivity contribution in [2.45, 2.75) is 53.1 Å². The molecule has 20 heavy (non-hydrogen) atoms. The van der Waals surface area contributed by atoms with Crippen molar-refractivity contribution in [2.24, 2.45) is 0 Å². The predicted molar refractivity (Wildman–Crippen MR) is 75.8 cm³/mol. The molecular formula is C14H23N3O3. The molecule has 1 rings (SSSR count). The topological polar surface area (TPSA) is 75.4 Å². The molecule has 1 aromatic rings. The Morgan fingerprint density at radius 1 is 1.35 bits per heavy atom. The van der Waals surface area contributed by atoms with Gasteiger partial charge in [0.05, 0.1) is 5.69 Å². The Morgan fingerprint density at radius 3 is 2.35 bits per heavy atom. The van der Waals surface area contributed by atoms with Crippen molar-refractivity contribution in [3.8, 4) is 0 Å². The van der Waals surface area contributed by atoms with E-state index >= 15 is 0 Å². The normalized spacial score (nSPS) is 11.2. The lowest BCUT2D eigenvalue weighted by Crippen LogP contribution is -2.41. The minimum atomic E-state index is -1.02. The summed E-state index contributed by atoms with van der Waals surface area (Å²) < 4.78 is 1.63. The van der Waals surface area contributed by atoms with Gasteiger partial charge in [-0.2, -0.15) is 5.10 Å². The van der Waals surface area contributed by atoms with Crippen molar-refractivity contribution >= 4 is 11.9 Å². The molecule has 1 heterocycles. The fraction of sp³-hybridized carbons (Fsp3) is 0.643. The Labute approximate surface area is 119 Å². The van der Waals surface area contributed by atoms with Crippen LogP contribution in [-0.4, -0.2) is 44.3 Å². The van der Waals surface area contributed by atoms with Crippen LogP contribution < -0.4 is 0 Å². The minimum Gasteiger partial charge on any atom is -0.480 e. The molecule has 1 aromatic heterocycles. The molecule has 0 aliphatic heterocycles. The van der Waals surface area contributed by atoms with Gasteiger partial charge in [0.1, 0.15) is 12.2 Å². The van der Waals surface area contributed by atoms with Crippen molar-refractivity contribution in [1.29, 1.82) is 0 Å². The number of rotatable bonds is 6. The number of aromatic nitrogens is 2. The molecule has 0 bridgehead atoms. The van der Waals surface area contributed by atoms with Gasteiger partial charge in [-0.1, -0.05) is 13.8 Å². The number of carboxylic acid groups (broad SMARTS) is 1. The fourth-order valence-corrected chi connectivity index (χ4v) is 1.91. The number of amides is 1. The summed E-state index contributed by atoms with van der Waals surface area (Å²) in [7, 11) is 0. The molecule has 1 N–H and O–H groups in total. The van der Waals surface area contributed by atoms with Gasteiger partial charge in [0.15, 0.2) is 0 Å². The van der Waals surface area contributed by atoms with Crippen LogP contribution in [0.2, 0.25) is 0 Å². The monoisotopic (exact) mass is 281 g/mol. The maximum atomic E-state index is 12.5. The van der Waals surface area contributed by atoms with Crippen LogP contribution >= 0.6 is 0 Å². The second kappa shape index (κ2) is 6.54. The van der Waals surface area contributed by atoms with Crippen LogP contribution in [0, 0.1) is 0 Å². The van der Waals surface area contributed by atoms with E-state index in [1.54, 1.807) is 24.6 Å². The molecule has 0 unspecified atom stereocenters. The van der Waals surface area contributed by atoms with Crippen molar-refractivity contribution < 1.29 is 14.7 Å². The SMILES string of the molecule is CCn1nc(C(C)C)cc1C(=O)N(CC(=O)O)C(C)C. The number of carbonyl (C=O) groups is 2. The molecule has 0 aromatic carbocycles. The van der Waals surface area contributed by atoms with Gasteiger partial charge in [-0.3, -0.25) is 14.3 Å². The summed E-state index contributed by atoms with van der Waals surface area (Å²) in [5.74, 6) is -1.08.